The Balaban J connectivity index is 1.86. The molecule has 1 saturated heterocycles. The lowest BCUT2D eigenvalue weighted by Gasteiger charge is -2.21. The van der Waals surface area contributed by atoms with Gasteiger partial charge in [0.25, 0.3) is 0 Å². The van der Waals surface area contributed by atoms with E-state index in [0.717, 1.165) is 17.3 Å². The Kier molecular flexibility index (Phi) is 5.54. The molecule has 1 aliphatic rings. The van der Waals surface area contributed by atoms with Gasteiger partial charge in [-0.1, -0.05) is 0 Å². The molecule has 1 unspecified atom stereocenters. The summed E-state index contributed by atoms with van der Waals surface area (Å²) < 4.78 is 0. The lowest BCUT2D eigenvalue weighted by Crippen LogP contribution is -2.36. The molecule has 0 saturated carbocycles. The molecule has 3 N–H and O–H groups in total. The number of carbonyl (C=O) groups excluding carboxylic acids is 1. The molecule has 0 spiro atoms. The summed E-state index contributed by atoms with van der Waals surface area (Å²) in [6.45, 7) is 0.576. The van der Waals surface area contributed by atoms with Gasteiger partial charge in [0.2, 0.25) is 0 Å². The minimum atomic E-state index is -1.17. The van der Waals surface area contributed by atoms with Crippen LogP contribution in [0.25, 0.3) is 0 Å². The maximum atomic E-state index is 11.8. The van der Waals surface area contributed by atoms with Crippen molar-refractivity contribution in [1.82, 2.24) is 10.3 Å². The second-order valence-electron chi connectivity index (χ2n) is 4.11. The first-order valence-corrected chi connectivity index (χ1v) is 8.29. The van der Waals surface area contributed by atoms with Gasteiger partial charge in [0.1, 0.15) is 0 Å². The number of carbonyl (C=O) groups is 2. The monoisotopic (exact) mass is 313 g/mol. The van der Waals surface area contributed by atoms with Gasteiger partial charge in [-0.3, -0.25) is 0 Å². The highest BCUT2D eigenvalue weighted by molar-refractivity contribution is 8.06. The van der Waals surface area contributed by atoms with E-state index in [1.54, 1.807) is 6.07 Å². The molecule has 0 aromatic carbocycles. The van der Waals surface area contributed by atoms with E-state index in [4.69, 9.17) is 5.11 Å². The van der Waals surface area contributed by atoms with Gasteiger partial charge in [-0.15, -0.1) is 0 Å². The van der Waals surface area contributed by atoms with Crippen molar-refractivity contribution in [2.75, 3.05) is 29.1 Å². The number of aromatic nitrogens is 1. The third-order valence-electron chi connectivity index (χ3n) is 2.63. The van der Waals surface area contributed by atoms with Crippen molar-refractivity contribution < 1.29 is 14.7 Å². The fourth-order valence-electron chi connectivity index (χ4n) is 1.70. The molecular weight excluding hydrogens is 298 g/mol. The number of urea groups is 1. The highest BCUT2D eigenvalue weighted by Crippen LogP contribution is 2.23. The number of carboxylic acid groups (broad SMARTS) is 1. The molecule has 2 rings (SSSR count). The zero-order valence-corrected chi connectivity index (χ0v) is 12.3. The van der Waals surface area contributed by atoms with Crippen LogP contribution >= 0.6 is 23.5 Å². The van der Waals surface area contributed by atoms with E-state index in [2.05, 4.69) is 15.6 Å². The molecule has 1 aliphatic heterocycles. The molecule has 1 aromatic rings. The van der Waals surface area contributed by atoms with Crippen LogP contribution < -0.4 is 10.6 Å². The van der Waals surface area contributed by atoms with Crippen molar-refractivity contribution in [3.63, 3.8) is 0 Å². The molecule has 1 fully saturated rings. The Morgan fingerprint density at radius 2 is 2.30 bits per heavy atom. The average Bonchev–Trinajstić information content (AvgIpc) is 2.46. The van der Waals surface area contributed by atoms with Crippen LogP contribution in [-0.2, 0) is 0 Å². The number of aromatic carboxylic acids is 1. The summed E-state index contributed by atoms with van der Waals surface area (Å²) in [5.74, 6) is 2.12. The van der Waals surface area contributed by atoms with E-state index >= 15 is 0 Å². The van der Waals surface area contributed by atoms with Gasteiger partial charge in [-0.2, -0.15) is 23.5 Å². The fraction of sp³-hybridized carbons (Fsp3) is 0.417. The summed E-state index contributed by atoms with van der Waals surface area (Å²) >= 11 is 3.73. The van der Waals surface area contributed by atoms with E-state index in [9.17, 15) is 9.59 Å². The van der Waals surface area contributed by atoms with Crippen LogP contribution in [0, 0.1) is 0 Å². The zero-order chi connectivity index (χ0) is 14.4. The smallest absolute Gasteiger partial charge is 0.356 e. The maximum absolute atomic E-state index is 11.8. The molecule has 108 valence electrons. The molecule has 1 aromatic heterocycles. The number of rotatable bonds is 4. The number of pyridine rings is 1. The fourth-order valence-corrected chi connectivity index (χ4v) is 4.32. The SMILES string of the molecule is O=C(NCC1CSCCS1)Nc1cccnc1C(=O)O. The van der Waals surface area contributed by atoms with Crippen molar-refractivity contribution in [3.05, 3.63) is 24.0 Å². The van der Waals surface area contributed by atoms with Crippen molar-refractivity contribution in [2.45, 2.75) is 5.25 Å². The van der Waals surface area contributed by atoms with E-state index in [1.165, 1.54) is 12.3 Å². The lowest BCUT2D eigenvalue weighted by molar-refractivity contribution is 0.0692. The van der Waals surface area contributed by atoms with Crippen LogP contribution in [0.3, 0.4) is 0 Å². The highest BCUT2D eigenvalue weighted by atomic mass is 32.2. The minimum Gasteiger partial charge on any atom is -0.476 e. The number of amides is 2. The van der Waals surface area contributed by atoms with Crippen LogP contribution in [0.15, 0.2) is 18.3 Å². The van der Waals surface area contributed by atoms with Crippen molar-refractivity contribution in [1.29, 1.82) is 0 Å². The van der Waals surface area contributed by atoms with Gasteiger partial charge in [-0.25, -0.2) is 14.6 Å². The zero-order valence-electron chi connectivity index (χ0n) is 10.7. The number of nitrogens with one attached hydrogen (secondary N) is 2. The molecule has 1 atom stereocenters. The highest BCUT2D eigenvalue weighted by Gasteiger charge is 2.16. The molecule has 0 aliphatic carbocycles. The number of carboxylic acids is 1. The first kappa shape index (κ1) is 15.0. The Labute approximate surface area is 125 Å². The molecule has 8 heteroatoms. The average molecular weight is 313 g/mol. The van der Waals surface area contributed by atoms with Crippen LogP contribution in [-0.4, -0.2) is 51.1 Å². The Morgan fingerprint density at radius 1 is 1.45 bits per heavy atom. The number of hydrogen-bond donors (Lipinski definition) is 3. The first-order chi connectivity index (χ1) is 9.66. The predicted molar refractivity (Wildman–Crippen MR) is 81.8 cm³/mol. The van der Waals surface area contributed by atoms with Crippen LogP contribution in [0.5, 0.6) is 0 Å². The van der Waals surface area contributed by atoms with Crippen LogP contribution in [0.2, 0.25) is 0 Å². The summed E-state index contributed by atoms with van der Waals surface area (Å²) in [5, 5.41) is 14.7. The van der Waals surface area contributed by atoms with Gasteiger partial charge in [0.05, 0.1) is 5.69 Å². The Hall–Kier alpha value is -1.41. The van der Waals surface area contributed by atoms with Gasteiger partial charge < -0.3 is 15.7 Å². The Bertz CT molecular complexity index is 493. The van der Waals surface area contributed by atoms with Gasteiger partial charge in [0.15, 0.2) is 5.69 Å². The summed E-state index contributed by atoms with van der Waals surface area (Å²) in [4.78, 5) is 26.5. The number of anilines is 1. The van der Waals surface area contributed by atoms with Crippen molar-refractivity contribution in [3.8, 4) is 0 Å². The number of hydrogen-bond acceptors (Lipinski definition) is 5. The van der Waals surface area contributed by atoms with Crippen molar-refractivity contribution >= 4 is 41.2 Å². The summed E-state index contributed by atoms with van der Waals surface area (Å²) in [6.07, 6.45) is 1.38. The van der Waals surface area contributed by atoms with Crippen LogP contribution in [0.1, 0.15) is 10.5 Å². The van der Waals surface area contributed by atoms with Gasteiger partial charge in [0, 0.05) is 35.3 Å². The Morgan fingerprint density at radius 3 is 3.00 bits per heavy atom. The molecule has 2 amide bonds. The number of nitrogens with zero attached hydrogens (tertiary/aromatic N) is 1. The molecule has 2 heterocycles. The van der Waals surface area contributed by atoms with Crippen LogP contribution in [0.4, 0.5) is 10.5 Å². The third kappa shape index (κ3) is 4.31. The van der Waals surface area contributed by atoms with Crippen molar-refractivity contribution in [2.24, 2.45) is 0 Å². The van der Waals surface area contributed by atoms with E-state index in [-0.39, 0.29) is 11.4 Å². The van der Waals surface area contributed by atoms with E-state index < -0.39 is 12.0 Å². The van der Waals surface area contributed by atoms with Gasteiger partial charge >= 0.3 is 12.0 Å². The topological polar surface area (TPSA) is 91.3 Å². The van der Waals surface area contributed by atoms with E-state index in [1.807, 2.05) is 23.5 Å². The van der Waals surface area contributed by atoms with E-state index in [0.29, 0.717) is 11.8 Å². The maximum Gasteiger partial charge on any atom is 0.356 e. The first-order valence-electron chi connectivity index (χ1n) is 6.09. The molecular formula is C12H15N3O3S2. The molecule has 6 nitrogen and oxygen atoms in total. The number of thioether (sulfide) groups is 2. The standard InChI is InChI=1S/C12H15N3O3S2/c16-11(17)10-9(2-1-3-13-10)15-12(18)14-6-8-7-19-4-5-20-8/h1-3,8H,4-7H2,(H,16,17)(H2,14,15,18). The second-order valence-corrected chi connectivity index (χ2v) is 6.67. The third-order valence-corrected chi connectivity index (χ3v) is 5.48. The summed E-state index contributed by atoms with van der Waals surface area (Å²) in [5.41, 5.74) is 0.0356. The van der Waals surface area contributed by atoms with Gasteiger partial charge in [-0.05, 0) is 12.1 Å². The molecule has 0 radical (unpaired) electrons. The second kappa shape index (κ2) is 7.39. The normalized spacial score (nSPS) is 18.3. The lowest BCUT2D eigenvalue weighted by atomic mass is 10.3. The quantitative estimate of drug-likeness (QED) is 0.784. The molecule has 20 heavy (non-hydrogen) atoms. The predicted octanol–water partition coefficient (Wildman–Crippen LogP) is 1.75. The summed E-state index contributed by atoms with van der Waals surface area (Å²) in [6, 6.07) is 2.69. The summed E-state index contributed by atoms with van der Waals surface area (Å²) in [7, 11) is 0. The largest absolute Gasteiger partial charge is 0.476 e. The molecule has 0 bridgehead atoms. The minimum absolute atomic E-state index is 0.162.